The van der Waals surface area contributed by atoms with Gasteiger partial charge in [0.1, 0.15) is 0 Å². The van der Waals surface area contributed by atoms with Crippen molar-refractivity contribution in [1.29, 1.82) is 0 Å². The molecule has 1 saturated heterocycles. The average molecular weight is 496 g/mol. The van der Waals surface area contributed by atoms with Crippen molar-refractivity contribution in [2.45, 2.75) is 38.0 Å². The molecule has 0 amide bonds. The molecule has 4 nitrogen and oxygen atoms in total. The summed E-state index contributed by atoms with van der Waals surface area (Å²) in [6, 6.07) is 8.56. The van der Waals surface area contributed by atoms with Crippen LogP contribution in [0.25, 0.3) is 0 Å². The molecule has 1 heterocycles. The van der Waals surface area contributed by atoms with E-state index in [9.17, 15) is 0 Å². The summed E-state index contributed by atoms with van der Waals surface area (Å²) in [5, 5.41) is 3.19. The molecule has 0 unspecified atom stereocenters. The Labute approximate surface area is 164 Å². The van der Waals surface area contributed by atoms with Gasteiger partial charge in [-0.2, -0.15) is 0 Å². The first-order valence-electron chi connectivity index (χ1n) is 8.04. The first-order valence-corrected chi connectivity index (χ1v) is 8.83. The molecule has 3 N–H and O–H groups in total. The normalized spacial score (nSPS) is 17.4. The minimum absolute atomic E-state index is 0. The van der Waals surface area contributed by atoms with Crippen molar-refractivity contribution < 1.29 is 4.74 Å². The lowest BCUT2D eigenvalue weighted by Gasteiger charge is -2.36. The van der Waals surface area contributed by atoms with Gasteiger partial charge < -0.3 is 15.8 Å². The van der Waals surface area contributed by atoms with Crippen molar-refractivity contribution in [2.75, 3.05) is 26.3 Å². The van der Waals surface area contributed by atoms with E-state index in [4.69, 9.17) is 10.5 Å². The second-order valence-electron chi connectivity index (χ2n) is 5.88. The molecule has 0 aromatic heterocycles. The van der Waals surface area contributed by atoms with Gasteiger partial charge in [-0.25, -0.2) is 0 Å². The molecule has 6 heteroatoms. The molecule has 130 valence electrons. The lowest BCUT2D eigenvalue weighted by Crippen LogP contribution is -2.39. The smallest absolute Gasteiger partial charge is 0.188 e. The molecule has 0 bridgehead atoms. The highest BCUT2D eigenvalue weighted by Crippen LogP contribution is 2.35. The fraction of sp³-hybridized carbons (Fsp3) is 0.588. The lowest BCUT2D eigenvalue weighted by atomic mass is 9.74. The first kappa shape index (κ1) is 20.7. The predicted molar refractivity (Wildman–Crippen MR) is 111 cm³/mol. The molecule has 0 spiro atoms. The third-order valence-corrected chi connectivity index (χ3v) is 4.82. The number of halogens is 2. The van der Waals surface area contributed by atoms with Crippen LogP contribution in [-0.4, -0.2) is 32.3 Å². The molecular weight excluding hydrogens is 469 g/mol. The quantitative estimate of drug-likeness (QED) is 0.273. The Hall–Kier alpha value is -0.340. The molecule has 2 rings (SSSR count). The number of nitrogens with one attached hydrogen (secondary N) is 1. The second-order valence-corrected chi connectivity index (χ2v) is 6.80. The van der Waals surface area contributed by atoms with Gasteiger partial charge >= 0.3 is 0 Å². The van der Waals surface area contributed by atoms with Crippen LogP contribution in [0.4, 0.5) is 0 Å². The highest BCUT2D eigenvalue weighted by Gasteiger charge is 2.34. The van der Waals surface area contributed by atoms with E-state index in [1.165, 1.54) is 5.56 Å². The fourth-order valence-corrected chi connectivity index (χ4v) is 3.05. The largest absolute Gasteiger partial charge is 0.381 e. The van der Waals surface area contributed by atoms with Crippen LogP contribution in [0.1, 0.15) is 38.2 Å². The van der Waals surface area contributed by atoms with E-state index in [1.807, 2.05) is 0 Å². The van der Waals surface area contributed by atoms with Crippen LogP contribution in [0.3, 0.4) is 0 Å². The molecule has 23 heavy (non-hydrogen) atoms. The van der Waals surface area contributed by atoms with Crippen LogP contribution in [0.5, 0.6) is 0 Å². The third-order valence-electron chi connectivity index (χ3n) is 4.30. The summed E-state index contributed by atoms with van der Waals surface area (Å²) in [5.74, 6) is 0.552. The highest BCUT2D eigenvalue weighted by atomic mass is 127. The van der Waals surface area contributed by atoms with Crippen molar-refractivity contribution >= 4 is 45.9 Å². The summed E-state index contributed by atoms with van der Waals surface area (Å²) in [6.07, 6.45) is 4.24. The Morgan fingerprint density at radius 2 is 1.96 bits per heavy atom. The van der Waals surface area contributed by atoms with Crippen molar-refractivity contribution in [1.82, 2.24) is 5.32 Å². The molecule has 1 aromatic rings. The van der Waals surface area contributed by atoms with E-state index in [1.54, 1.807) is 0 Å². The second kappa shape index (κ2) is 10.5. The number of rotatable bonds is 6. The number of guanidine groups is 1. The van der Waals surface area contributed by atoms with Crippen LogP contribution in [-0.2, 0) is 10.2 Å². The van der Waals surface area contributed by atoms with E-state index in [0.717, 1.165) is 49.9 Å². The molecular formula is C17H27BrIN3O. The van der Waals surface area contributed by atoms with Crippen LogP contribution >= 0.6 is 39.9 Å². The number of aliphatic imine (C=N–C) groups is 1. The number of hydrogen-bond acceptors (Lipinski definition) is 2. The van der Waals surface area contributed by atoms with Gasteiger partial charge in [0, 0.05) is 29.6 Å². The number of ether oxygens (including phenoxy) is 1. The van der Waals surface area contributed by atoms with Crippen molar-refractivity contribution in [3.63, 3.8) is 0 Å². The molecule has 1 fully saturated rings. The Kier molecular flexibility index (Phi) is 9.46. The highest BCUT2D eigenvalue weighted by molar-refractivity contribution is 14.0. The number of unbranched alkanes of at least 4 members (excludes halogenated alkanes) is 1. The summed E-state index contributed by atoms with van der Waals surface area (Å²) in [6.45, 7) is 5.34. The van der Waals surface area contributed by atoms with Gasteiger partial charge in [0.2, 0.25) is 0 Å². The Morgan fingerprint density at radius 1 is 1.30 bits per heavy atom. The molecule has 1 aromatic carbocycles. The lowest BCUT2D eigenvalue weighted by molar-refractivity contribution is 0.0531. The average Bonchev–Trinajstić information content (AvgIpc) is 2.55. The minimum atomic E-state index is 0. The first-order chi connectivity index (χ1) is 10.7. The summed E-state index contributed by atoms with van der Waals surface area (Å²) in [5.41, 5.74) is 7.35. The van der Waals surface area contributed by atoms with Gasteiger partial charge in [-0.15, -0.1) is 24.0 Å². The number of hydrogen-bond donors (Lipinski definition) is 2. The van der Waals surface area contributed by atoms with Crippen LogP contribution < -0.4 is 11.1 Å². The zero-order valence-corrected chi connectivity index (χ0v) is 17.6. The summed E-state index contributed by atoms with van der Waals surface area (Å²) in [7, 11) is 0. The maximum atomic E-state index is 5.99. The number of nitrogens with zero attached hydrogens (tertiary/aromatic N) is 1. The molecule has 0 atom stereocenters. The van der Waals surface area contributed by atoms with Crippen molar-refractivity contribution in [3.8, 4) is 0 Å². The Bertz CT molecular complexity index is 487. The van der Waals surface area contributed by atoms with Gasteiger partial charge in [0.05, 0.1) is 6.54 Å². The third kappa shape index (κ3) is 6.23. The van der Waals surface area contributed by atoms with Gasteiger partial charge in [-0.1, -0.05) is 41.4 Å². The van der Waals surface area contributed by atoms with E-state index >= 15 is 0 Å². The van der Waals surface area contributed by atoms with Crippen molar-refractivity contribution in [3.05, 3.63) is 34.3 Å². The van der Waals surface area contributed by atoms with Gasteiger partial charge in [-0.3, -0.25) is 4.99 Å². The van der Waals surface area contributed by atoms with E-state index in [-0.39, 0.29) is 29.4 Å². The maximum absolute atomic E-state index is 5.99. The number of benzene rings is 1. The zero-order valence-electron chi connectivity index (χ0n) is 13.7. The summed E-state index contributed by atoms with van der Waals surface area (Å²) in [4.78, 5) is 4.61. The predicted octanol–water partition coefficient (Wildman–Crippen LogP) is 3.82. The van der Waals surface area contributed by atoms with Gasteiger partial charge in [0.15, 0.2) is 5.96 Å². The van der Waals surface area contributed by atoms with Gasteiger partial charge in [0.25, 0.3) is 0 Å². The van der Waals surface area contributed by atoms with Gasteiger partial charge in [-0.05, 0) is 37.0 Å². The molecule has 0 saturated carbocycles. The summed E-state index contributed by atoms with van der Waals surface area (Å²) >= 11 is 3.50. The summed E-state index contributed by atoms with van der Waals surface area (Å²) < 4.78 is 6.65. The molecule has 1 aliphatic heterocycles. The molecule has 0 radical (unpaired) electrons. The Balaban J connectivity index is 0.00000264. The van der Waals surface area contributed by atoms with Crippen LogP contribution in [0, 0.1) is 0 Å². The van der Waals surface area contributed by atoms with Crippen LogP contribution in [0.15, 0.2) is 33.7 Å². The standard InChI is InChI=1S/C17H26BrN3O.HI/c1-2-3-10-20-16(19)21-13-17(8-11-22-12-9-17)14-4-6-15(18)7-5-14;/h4-7H,2-3,8-13H2,1H3,(H3,19,20,21);1H. The van der Waals surface area contributed by atoms with Crippen LogP contribution in [0.2, 0.25) is 0 Å². The maximum Gasteiger partial charge on any atom is 0.188 e. The molecule has 0 aliphatic carbocycles. The van der Waals surface area contributed by atoms with E-state index < -0.39 is 0 Å². The SMILES string of the molecule is CCCCNC(N)=NCC1(c2ccc(Br)cc2)CCOCC1.I. The monoisotopic (exact) mass is 495 g/mol. The topological polar surface area (TPSA) is 59.6 Å². The number of nitrogens with two attached hydrogens (primary N) is 1. The fourth-order valence-electron chi connectivity index (χ4n) is 2.79. The van der Waals surface area contributed by atoms with Crippen molar-refractivity contribution in [2.24, 2.45) is 10.7 Å². The Morgan fingerprint density at radius 3 is 2.57 bits per heavy atom. The zero-order chi connectivity index (χ0) is 15.8. The molecule has 1 aliphatic rings. The van der Waals surface area contributed by atoms with E-state index in [2.05, 4.69) is 57.4 Å². The van der Waals surface area contributed by atoms with E-state index in [0.29, 0.717) is 12.5 Å². The minimum Gasteiger partial charge on any atom is -0.381 e.